The molecule has 4 rings (SSSR count). The van der Waals surface area contributed by atoms with Gasteiger partial charge in [-0.1, -0.05) is 0 Å². The molecule has 21 heavy (non-hydrogen) atoms. The molecule has 0 amide bonds. The van der Waals surface area contributed by atoms with Crippen LogP contribution in [0.4, 0.5) is 5.95 Å². The second kappa shape index (κ2) is 4.01. The Morgan fingerprint density at radius 1 is 1.62 bits per heavy atom. The molecule has 2 aliphatic heterocycles. The first-order chi connectivity index (χ1) is 10.1. The van der Waals surface area contributed by atoms with Gasteiger partial charge in [-0.05, 0) is 0 Å². The quantitative estimate of drug-likeness (QED) is 0.484. The van der Waals surface area contributed by atoms with E-state index in [2.05, 4.69) is 15.0 Å². The summed E-state index contributed by atoms with van der Waals surface area (Å²) in [6.45, 7) is -0.265. The minimum absolute atomic E-state index is 0.0456. The average Bonchev–Trinajstić information content (AvgIpc) is 3.09. The van der Waals surface area contributed by atoms with Gasteiger partial charge in [0, 0.05) is 0 Å². The summed E-state index contributed by atoms with van der Waals surface area (Å²) in [4.78, 5) is 22.1. The normalized spacial score (nSPS) is 34.9. The number of aliphatic hydroxyl groups excluding tert-OH is 2. The van der Waals surface area contributed by atoms with E-state index in [1.807, 2.05) is 0 Å². The van der Waals surface area contributed by atoms with E-state index in [4.69, 9.17) is 15.2 Å². The highest BCUT2D eigenvalue weighted by Gasteiger charge is 2.61. The van der Waals surface area contributed by atoms with Gasteiger partial charge in [-0.25, -0.2) is 4.98 Å². The number of nitrogen functional groups attached to an aromatic ring is 1. The molecule has 5 N–H and O–H groups in total. The van der Waals surface area contributed by atoms with E-state index in [0.29, 0.717) is 0 Å². The number of fused-ring (bicyclic) bond motifs is 3. The maximum atomic E-state index is 11.8. The monoisotopic (exact) mass is 295 g/mol. The summed E-state index contributed by atoms with van der Waals surface area (Å²) < 4.78 is 12.7. The Balaban J connectivity index is 1.84. The molecule has 2 fully saturated rings. The van der Waals surface area contributed by atoms with Crippen molar-refractivity contribution in [2.45, 2.75) is 24.0 Å². The van der Waals surface area contributed by atoms with Crippen LogP contribution < -0.4 is 11.3 Å². The molecule has 10 nitrogen and oxygen atoms in total. The minimum Gasteiger partial charge on any atom is -0.393 e. The molecule has 0 aromatic carbocycles. The molecule has 2 saturated heterocycles. The largest absolute Gasteiger partial charge is 0.393 e. The smallest absolute Gasteiger partial charge is 0.280 e. The molecule has 10 heteroatoms. The Hall–Kier alpha value is -2.01. The summed E-state index contributed by atoms with van der Waals surface area (Å²) >= 11 is 0. The fraction of sp³-hybridized carbons (Fsp3) is 0.545. The van der Waals surface area contributed by atoms with Gasteiger partial charge in [-0.3, -0.25) is 14.3 Å². The summed E-state index contributed by atoms with van der Waals surface area (Å²) in [7, 11) is 0. The molecule has 2 bridgehead atoms. The van der Waals surface area contributed by atoms with Gasteiger partial charge in [-0.15, -0.1) is 0 Å². The predicted molar refractivity (Wildman–Crippen MR) is 68.2 cm³/mol. The number of ether oxygens (including phenoxy) is 2. The highest BCUT2D eigenvalue weighted by Crippen LogP contribution is 2.45. The second-order valence-electron chi connectivity index (χ2n) is 5.23. The van der Waals surface area contributed by atoms with Gasteiger partial charge < -0.3 is 25.4 Å². The van der Waals surface area contributed by atoms with Crippen molar-refractivity contribution in [1.82, 2.24) is 19.5 Å². The van der Waals surface area contributed by atoms with Crippen molar-refractivity contribution < 1.29 is 19.7 Å². The van der Waals surface area contributed by atoms with Crippen molar-refractivity contribution in [3.8, 4) is 0 Å². The number of aromatic nitrogens is 4. The first-order valence-electron chi connectivity index (χ1n) is 6.36. The van der Waals surface area contributed by atoms with Gasteiger partial charge in [0.15, 0.2) is 17.4 Å². The van der Waals surface area contributed by atoms with Gasteiger partial charge in [0.25, 0.3) is 5.56 Å². The number of imidazole rings is 1. The first kappa shape index (κ1) is 12.7. The van der Waals surface area contributed by atoms with Crippen molar-refractivity contribution in [3.63, 3.8) is 0 Å². The van der Waals surface area contributed by atoms with Crippen LogP contribution in [0.25, 0.3) is 11.2 Å². The van der Waals surface area contributed by atoms with Crippen LogP contribution in [0.5, 0.6) is 0 Å². The fourth-order valence-corrected chi connectivity index (χ4v) is 2.88. The molecule has 0 spiro atoms. The molecular formula is C11H13N5O5. The van der Waals surface area contributed by atoms with Gasteiger partial charge in [0.1, 0.15) is 17.8 Å². The minimum atomic E-state index is -1.15. The van der Waals surface area contributed by atoms with E-state index in [1.54, 1.807) is 0 Å². The zero-order valence-electron chi connectivity index (χ0n) is 10.8. The molecule has 0 saturated carbocycles. The summed E-state index contributed by atoms with van der Waals surface area (Å²) in [6, 6.07) is 0. The highest BCUT2D eigenvalue weighted by atomic mass is 16.7. The number of aromatic amines is 1. The van der Waals surface area contributed by atoms with Crippen LogP contribution in [0.15, 0.2) is 11.1 Å². The van der Waals surface area contributed by atoms with Crippen LogP contribution >= 0.6 is 0 Å². The first-order valence-corrected chi connectivity index (χ1v) is 6.36. The molecule has 2 aliphatic rings. The van der Waals surface area contributed by atoms with Crippen molar-refractivity contribution in [2.24, 2.45) is 0 Å². The summed E-state index contributed by atoms with van der Waals surface area (Å²) in [5.41, 5.74) is 4.27. The predicted octanol–water partition coefficient (Wildman–Crippen LogP) is -2.28. The lowest BCUT2D eigenvalue weighted by Crippen LogP contribution is -2.44. The second-order valence-corrected chi connectivity index (χ2v) is 5.23. The highest BCUT2D eigenvalue weighted by molar-refractivity contribution is 5.70. The van der Waals surface area contributed by atoms with E-state index in [0.717, 1.165) is 0 Å². The number of nitrogens with zero attached hydrogens (tertiary/aromatic N) is 3. The van der Waals surface area contributed by atoms with Crippen LogP contribution in [0.1, 0.15) is 6.23 Å². The van der Waals surface area contributed by atoms with Crippen LogP contribution in [0, 0.1) is 0 Å². The Kier molecular flexibility index (Phi) is 2.43. The van der Waals surface area contributed by atoms with Crippen LogP contribution in [-0.2, 0) is 9.47 Å². The number of hydrogen-bond donors (Lipinski definition) is 4. The molecule has 0 radical (unpaired) electrons. The van der Waals surface area contributed by atoms with Crippen molar-refractivity contribution in [2.75, 3.05) is 18.9 Å². The maximum absolute atomic E-state index is 11.8. The van der Waals surface area contributed by atoms with Crippen LogP contribution in [0.3, 0.4) is 0 Å². The van der Waals surface area contributed by atoms with Gasteiger partial charge >= 0.3 is 0 Å². The molecular weight excluding hydrogens is 282 g/mol. The Morgan fingerprint density at radius 3 is 3.14 bits per heavy atom. The number of aliphatic hydroxyl groups is 2. The lowest BCUT2D eigenvalue weighted by atomic mass is 10.0. The van der Waals surface area contributed by atoms with Crippen molar-refractivity contribution in [1.29, 1.82) is 0 Å². The number of nitrogens with two attached hydrogens (primary N) is 1. The van der Waals surface area contributed by atoms with Gasteiger partial charge in [0.2, 0.25) is 5.95 Å². The molecule has 0 unspecified atom stereocenters. The van der Waals surface area contributed by atoms with Crippen LogP contribution in [0.2, 0.25) is 0 Å². The topological polar surface area (TPSA) is 149 Å². The Bertz CT molecular complexity index is 772. The number of anilines is 1. The van der Waals surface area contributed by atoms with Crippen molar-refractivity contribution >= 4 is 17.1 Å². The third-order valence-corrected chi connectivity index (χ3v) is 4.00. The van der Waals surface area contributed by atoms with Gasteiger partial charge in [0.05, 0.1) is 19.5 Å². The number of H-pyrrole nitrogens is 1. The lowest BCUT2D eigenvalue weighted by Gasteiger charge is -2.29. The molecule has 2 aromatic rings. The van der Waals surface area contributed by atoms with E-state index in [1.165, 1.54) is 10.9 Å². The van der Waals surface area contributed by atoms with E-state index >= 15 is 0 Å². The Morgan fingerprint density at radius 2 is 2.43 bits per heavy atom. The lowest BCUT2D eigenvalue weighted by molar-refractivity contribution is -0.185. The molecule has 0 aliphatic carbocycles. The summed E-state index contributed by atoms with van der Waals surface area (Å²) in [5, 5.41) is 19.6. The zero-order valence-corrected chi connectivity index (χ0v) is 10.8. The third kappa shape index (κ3) is 1.52. The van der Waals surface area contributed by atoms with Gasteiger partial charge in [-0.2, -0.15) is 4.98 Å². The molecule has 2 aromatic heterocycles. The number of nitrogens with one attached hydrogen (secondary N) is 1. The van der Waals surface area contributed by atoms with E-state index < -0.39 is 29.6 Å². The number of hydrogen-bond acceptors (Lipinski definition) is 8. The average molecular weight is 295 g/mol. The Labute approximate surface area is 117 Å². The maximum Gasteiger partial charge on any atom is 0.280 e. The van der Waals surface area contributed by atoms with E-state index in [9.17, 15) is 15.0 Å². The molecule has 112 valence electrons. The fourth-order valence-electron chi connectivity index (χ4n) is 2.88. The summed E-state index contributed by atoms with van der Waals surface area (Å²) in [5.74, 6) is -0.0456. The van der Waals surface area contributed by atoms with Crippen molar-refractivity contribution in [3.05, 3.63) is 16.7 Å². The third-order valence-electron chi connectivity index (χ3n) is 4.00. The standard InChI is InChI=1S/C11H13N5O5/c12-10-14-7-4(8(19)15-10)13-3-16(7)9-5-6(18)11(1-17,21-9)2-20-5/h3,5-6,9,17-18H,1-2H2,(H3,12,14,15,19)/t5-,6+,9-,11-/m1/s1. The molecule has 4 atom stereocenters. The number of rotatable bonds is 2. The molecule has 4 heterocycles. The summed E-state index contributed by atoms with van der Waals surface area (Å²) in [6.07, 6.45) is -1.00. The van der Waals surface area contributed by atoms with Crippen LogP contribution in [-0.4, -0.2) is 60.8 Å². The zero-order chi connectivity index (χ0) is 14.8. The van der Waals surface area contributed by atoms with E-state index in [-0.39, 0.29) is 30.3 Å². The SMILES string of the molecule is Nc1nc2c(ncn2[C@@H]2O[C@]3(CO)CO[C@@H]2[C@@H]3O)c(=O)[nH]1.